The number of hydrogen-bond donors (Lipinski definition) is 0. The van der Waals surface area contributed by atoms with E-state index in [1.807, 2.05) is 13.8 Å². The molecule has 0 atom stereocenters. The first-order valence-corrected chi connectivity index (χ1v) is 6.73. The van der Waals surface area contributed by atoms with Gasteiger partial charge in [0.15, 0.2) is 0 Å². The average Bonchev–Trinajstić information content (AvgIpc) is 2.84. The molecule has 5 heteroatoms. The van der Waals surface area contributed by atoms with Gasteiger partial charge in [0.25, 0.3) is 0 Å². The van der Waals surface area contributed by atoms with Crippen LogP contribution in [-0.2, 0) is 19.6 Å². The summed E-state index contributed by atoms with van der Waals surface area (Å²) in [5.41, 5.74) is 4.66. The summed E-state index contributed by atoms with van der Waals surface area (Å²) in [5, 5.41) is 4.02. The van der Waals surface area contributed by atoms with Crippen molar-refractivity contribution in [2.75, 3.05) is 6.54 Å². The van der Waals surface area contributed by atoms with Crippen molar-refractivity contribution in [1.29, 1.82) is 0 Å². The van der Waals surface area contributed by atoms with Gasteiger partial charge in [-0.3, -0.25) is 4.90 Å². The molecular formula is C14H20N4O. The van der Waals surface area contributed by atoms with E-state index in [0.717, 1.165) is 43.3 Å². The average molecular weight is 260 g/mol. The maximum Gasteiger partial charge on any atom is 0.138 e. The van der Waals surface area contributed by atoms with Crippen LogP contribution in [0.15, 0.2) is 4.52 Å². The Labute approximate surface area is 113 Å². The minimum atomic E-state index is 0.895. The van der Waals surface area contributed by atoms with Crippen molar-refractivity contribution in [3.05, 3.63) is 34.2 Å². The topological polar surface area (TPSA) is 47.1 Å². The summed E-state index contributed by atoms with van der Waals surface area (Å²) >= 11 is 0. The van der Waals surface area contributed by atoms with Crippen LogP contribution in [0.1, 0.15) is 34.2 Å². The maximum atomic E-state index is 5.23. The molecule has 0 unspecified atom stereocenters. The van der Waals surface area contributed by atoms with Crippen molar-refractivity contribution < 1.29 is 4.52 Å². The molecule has 0 aliphatic carbocycles. The zero-order chi connectivity index (χ0) is 13.6. The molecule has 0 radical (unpaired) electrons. The molecular weight excluding hydrogens is 240 g/mol. The van der Waals surface area contributed by atoms with Crippen LogP contribution in [0.4, 0.5) is 0 Å². The van der Waals surface area contributed by atoms with Crippen molar-refractivity contribution in [2.24, 2.45) is 0 Å². The molecule has 2 aromatic heterocycles. The highest BCUT2D eigenvalue weighted by molar-refractivity contribution is 5.21. The van der Waals surface area contributed by atoms with Crippen molar-refractivity contribution in [1.82, 2.24) is 19.6 Å². The lowest BCUT2D eigenvalue weighted by Crippen LogP contribution is -2.34. The molecule has 3 rings (SSSR count). The van der Waals surface area contributed by atoms with Crippen LogP contribution in [0.25, 0.3) is 0 Å². The predicted molar refractivity (Wildman–Crippen MR) is 71.8 cm³/mol. The molecule has 0 aromatic carbocycles. The van der Waals surface area contributed by atoms with Gasteiger partial charge in [-0.15, -0.1) is 0 Å². The summed E-state index contributed by atoms with van der Waals surface area (Å²) in [4.78, 5) is 7.07. The smallest absolute Gasteiger partial charge is 0.138 e. The van der Waals surface area contributed by atoms with E-state index in [9.17, 15) is 0 Å². The molecule has 0 fully saturated rings. The largest absolute Gasteiger partial charge is 0.361 e. The van der Waals surface area contributed by atoms with Crippen molar-refractivity contribution in [3.63, 3.8) is 0 Å². The SMILES string of the molecule is Cc1noc(C)c1CN1CCn2c(nc(C)c2C)C1. The number of aryl methyl sites for hydroxylation is 3. The predicted octanol–water partition coefficient (Wildman–Crippen LogP) is 2.12. The highest BCUT2D eigenvalue weighted by Crippen LogP contribution is 2.21. The molecule has 0 saturated carbocycles. The van der Waals surface area contributed by atoms with E-state index in [-0.39, 0.29) is 0 Å². The molecule has 0 amide bonds. The fourth-order valence-corrected chi connectivity index (χ4v) is 2.75. The van der Waals surface area contributed by atoms with Crippen LogP contribution in [0.3, 0.4) is 0 Å². The summed E-state index contributed by atoms with van der Waals surface area (Å²) in [5.74, 6) is 2.10. The lowest BCUT2D eigenvalue weighted by molar-refractivity contribution is 0.206. The van der Waals surface area contributed by atoms with E-state index in [1.165, 1.54) is 17.1 Å². The molecule has 0 spiro atoms. The number of hydrogen-bond acceptors (Lipinski definition) is 4. The van der Waals surface area contributed by atoms with Gasteiger partial charge < -0.3 is 9.09 Å². The van der Waals surface area contributed by atoms with Gasteiger partial charge in [0.05, 0.1) is 17.9 Å². The Morgan fingerprint density at radius 2 is 1.89 bits per heavy atom. The van der Waals surface area contributed by atoms with Crippen molar-refractivity contribution in [3.8, 4) is 0 Å². The molecule has 1 aliphatic rings. The second-order valence-electron chi connectivity index (χ2n) is 5.36. The molecule has 5 nitrogen and oxygen atoms in total. The summed E-state index contributed by atoms with van der Waals surface area (Å²) in [7, 11) is 0. The Kier molecular flexibility index (Phi) is 2.93. The van der Waals surface area contributed by atoms with Gasteiger partial charge in [0.1, 0.15) is 11.6 Å². The third-order valence-electron chi connectivity index (χ3n) is 4.10. The first kappa shape index (κ1) is 12.4. The van der Waals surface area contributed by atoms with Crippen LogP contribution in [0.2, 0.25) is 0 Å². The molecule has 102 valence electrons. The van der Waals surface area contributed by atoms with Crippen LogP contribution in [0, 0.1) is 27.7 Å². The van der Waals surface area contributed by atoms with Gasteiger partial charge in [0, 0.05) is 30.9 Å². The number of imidazole rings is 1. The second-order valence-corrected chi connectivity index (χ2v) is 5.36. The summed E-state index contributed by atoms with van der Waals surface area (Å²) in [6, 6.07) is 0. The fraction of sp³-hybridized carbons (Fsp3) is 0.571. The van der Waals surface area contributed by atoms with Crippen molar-refractivity contribution >= 4 is 0 Å². The normalized spacial score (nSPS) is 15.8. The van der Waals surface area contributed by atoms with Gasteiger partial charge in [0.2, 0.25) is 0 Å². The number of nitrogens with zero attached hydrogens (tertiary/aromatic N) is 4. The number of fused-ring (bicyclic) bond motifs is 1. The Morgan fingerprint density at radius 3 is 2.58 bits per heavy atom. The van der Waals surface area contributed by atoms with Gasteiger partial charge in [-0.05, 0) is 27.7 Å². The van der Waals surface area contributed by atoms with E-state index < -0.39 is 0 Å². The first-order valence-electron chi connectivity index (χ1n) is 6.73. The minimum absolute atomic E-state index is 0.895. The first-order chi connectivity index (χ1) is 9.06. The minimum Gasteiger partial charge on any atom is -0.361 e. The highest BCUT2D eigenvalue weighted by Gasteiger charge is 2.22. The molecule has 3 heterocycles. The standard InChI is InChI=1S/C14H20N4O/c1-9-11(3)18-6-5-17(8-14(18)15-9)7-13-10(2)16-19-12(13)4/h5-8H2,1-4H3. The van der Waals surface area contributed by atoms with Crippen LogP contribution < -0.4 is 0 Å². The van der Waals surface area contributed by atoms with Gasteiger partial charge >= 0.3 is 0 Å². The molecule has 0 saturated heterocycles. The monoisotopic (exact) mass is 260 g/mol. The van der Waals surface area contributed by atoms with E-state index in [1.54, 1.807) is 0 Å². The van der Waals surface area contributed by atoms with Crippen LogP contribution >= 0.6 is 0 Å². The summed E-state index contributed by atoms with van der Waals surface area (Å²) in [6.45, 7) is 12.1. The summed E-state index contributed by atoms with van der Waals surface area (Å²) < 4.78 is 7.56. The van der Waals surface area contributed by atoms with E-state index in [4.69, 9.17) is 4.52 Å². The molecule has 2 aromatic rings. The van der Waals surface area contributed by atoms with Gasteiger partial charge in [-0.25, -0.2) is 4.98 Å². The third kappa shape index (κ3) is 2.08. The Balaban J connectivity index is 1.79. The van der Waals surface area contributed by atoms with Gasteiger partial charge in [-0.2, -0.15) is 0 Å². The quantitative estimate of drug-likeness (QED) is 0.830. The second kappa shape index (κ2) is 4.49. The Morgan fingerprint density at radius 1 is 1.11 bits per heavy atom. The van der Waals surface area contributed by atoms with Gasteiger partial charge in [-0.1, -0.05) is 5.16 Å². The zero-order valence-electron chi connectivity index (χ0n) is 12.0. The number of rotatable bonds is 2. The lowest BCUT2D eigenvalue weighted by atomic mass is 10.2. The Bertz CT molecular complexity index is 592. The fourth-order valence-electron chi connectivity index (χ4n) is 2.75. The maximum absolute atomic E-state index is 5.23. The molecule has 0 bridgehead atoms. The molecule has 19 heavy (non-hydrogen) atoms. The van der Waals surface area contributed by atoms with E-state index in [0.29, 0.717) is 0 Å². The highest BCUT2D eigenvalue weighted by atomic mass is 16.5. The van der Waals surface area contributed by atoms with Crippen LogP contribution in [-0.4, -0.2) is 26.2 Å². The number of aromatic nitrogens is 3. The molecule has 0 N–H and O–H groups in total. The molecule has 1 aliphatic heterocycles. The zero-order valence-corrected chi connectivity index (χ0v) is 12.0. The van der Waals surface area contributed by atoms with E-state index >= 15 is 0 Å². The lowest BCUT2D eigenvalue weighted by Gasteiger charge is -2.28. The van der Waals surface area contributed by atoms with E-state index in [2.05, 4.69) is 33.5 Å². The van der Waals surface area contributed by atoms with Crippen molar-refractivity contribution in [2.45, 2.75) is 47.3 Å². The third-order valence-corrected chi connectivity index (χ3v) is 4.10. The Hall–Kier alpha value is -1.62. The summed E-state index contributed by atoms with van der Waals surface area (Å²) in [6.07, 6.45) is 0. The van der Waals surface area contributed by atoms with Crippen LogP contribution in [0.5, 0.6) is 0 Å².